The van der Waals surface area contributed by atoms with Crippen molar-refractivity contribution in [3.8, 4) is 0 Å². The van der Waals surface area contributed by atoms with Crippen molar-refractivity contribution in [2.45, 2.75) is 234 Å². The maximum atomic E-state index is 9.33. The molecule has 10 atom stereocenters. The summed E-state index contributed by atoms with van der Waals surface area (Å²) in [5.74, 6) is 5.44. The van der Waals surface area contributed by atoms with Gasteiger partial charge in [-0.1, -0.05) is 162 Å². The topological polar surface area (TPSA) is 71.4 Å². The molecular weight excluding hydrogens is 811 g/mol. The van der Waals surface area contributed by atoms with Crippen LogP contribution in [-0.4, -0.2) is 79.5 Å². The van der Waals surface area contributed by atoms with Crippen molar-refractivity contribution in [1.29, 1.82) is 0 Å². The van der Waals surface area contributed by atoms with E-state index in [9.17, 15) is 10.2 Å². The molecular formula is C57H107NO5S. The van der Waals surface area contributed by atoms with Gasteiger partial charge in [0.2, 0.25) is 0 Å². The summed E-state index contributed by atoms with van der Waals surface area (Å²) in [6.45, 7) is 20.5. The SMILES string of the molecule is CCCCCCCCCCCCCCCC(OC1CCC2(C)C(=CCC3C2CCC2(C)C(C(C)/C=C/C(CC)C(C)C)CCC32)C1)OS(C)(C)OCCCCCCN(CCO)CCO. The molecule has 4 rings (SSSR count). The normalized spacial score (nSPS) is 28.9. The molecule has 4 aliphatic carbocycles. The van der Waals surface area contributed by atoms with Crippen LogP contribution in [0, 0.1) is 52.3 Å². The van der Waals surface area contributed by atoms with Crippen molar-refractivity contribution in [2.24, 2.45) is 52.3 Å². The highest BCUT2D eigenvalue weighted by atomic mass is 32.3. The molecule has 0 bridgehead atoms. The molecule has 0 radical (unpaired) electrons. The minimum absolute atomic E-state index is 0.144. The molecule has 2 N–H and O–H groups in total. The van der Waals surface area contributed by atoms with Crippen LogP contribution in [0.15, 0.2) is 23.8 Å². The first-order valence-electron chi connectivity index (χ1n) is 27.8. The number of rotatable bonds is 35. The standard InChI is InChI=1S/C57H107NO5S/c1-10-12-13-14-15-16-17-18-19-20-21-22-25-28-55(63-64(8,9)61-44-27-24-23-26-39-58(40-42-59)41-43-60)62-50-35-37-56(6)49(45-50)31-32-51-53-34-33-52(57(53,7)38-36-54(51)56)47(5)29-30-48(11-2)46(3)4/h29-31,46-48,50-55,59-60H,10-28,32-45H2,1-9H3/b30-29+. The van der Waals surface area contributed by atoms with Gasteiger partial charge in [0.15, 0.2) is 6.29 Å². The largest absolute Gasteiger partial charge is 0.395 e. The fourth-order valence-electron chi connectivity index (χ4n) is 13.6. The molecule has 3 saturated carbocycles. The highest BCUT2D eigenvalue weighted by molar-refractivity contribution is 8.24. The fraction of sp³-hybridized carbons (Fsp3) is 0.930. The molecule has 0 aromatic rings. The second-order valence-corrected chi connectivity index (χ2v) is 25.5. The minimum Gasteiger partial charge on any atom is -0.395 e. The quantitative estimate of drug-likeness (QED) is 0.0375. The lowest BCUT2D eigenvalue weighted by atomic mass is 9.47. The van der Waals surface area contributed by atoms with Gasteiger partial charge in [0, 0.05) is 32.0 Å². The van der Waals surface area contributed by atoms with E-state index in [1.165, 1.54) is 122 Å². The lowest BCUT2D eigenvalue weighted by Crippen LogP contribution is -2.51. The predicted octanol–water partition coefficient (Wildman–Crippen LogP) is 15.4. The predicted molar refractivity (Wildman–Crippen MR) is 277 cm³/mol. The van der Waals surface area contributed by atoms with Crippen LogP contribution in [0.25, 0.3) is 0 Å². The van der Waals surface area contributed by atoms with Crippen molar-refractivity contribution in [3.05, 3.63) is 23.8 Å². The molecule has 64 heavy (non-hydrogen) atoms. The number of aliphatic hydroxyl groups excluding tert-OH is 2. The molecule has 0 spiro atoms. The van der Waals surface area contributed by atoms with E-state index < -0.39 is 10.6 Å². The maximum Gasteiger partial charge on any atom is 0.180 e. The molecule has 0 heterocycles. The van der Waals surface area contributed by atoms with E-state index in [1.807, 2.05) is 0 Å². The summed E-state index contributed by atoms with van der Waals surface area (Å²) in [7, 11) is -1.72. The number of nitrogens with zero attached hydrogens (tertiary/aromatic N) is 1. The van der Waals surface area contributed by atoms with E-state index in [1.54, 1.807) is 5.57 Å². The summed E-state index contributed by atoms with van der Waals surface area (Å²) in [5.41, 5.74) is 2.50. The monoisotopic (exact) mass is 918 g/mol. The van der Waals surface area contributed by atoms with E-state index in [4.69, 9.17) is 13.1 Å². The second-order valence-electron chi connectivity index (χ2n) is 22.8. The molecule has 0 aromatic heterocycles. The highest BCUT2D eigenvalue weighted by Gasteiger charge is 2.59. The van der Waals surface area contributed by atoms with E-state index in [-0.39, 0.29) is 25.6 Å². The molecule has 4 aliphatic rings. The molecule has 10 unspecified atom stereocenters. The number of aliphatic hydroxyl groups is 2. The molecule has 0 aromatic carbocycles. The lowest BCUT2D eigenvalue weighted by molar-refractivity contribution is -0.137. The van der Waals surface area contributed by atoms with Crippen LogP contribution in [0.1, 0.15) is 222 Å². The molecule has 376 valence electrons. The van der Waals surface area contributed by atoms with Crippen LogP contribution in [0.3, 0.4) is 0 Å². The van der Waals surface area contributed by atoms with Crippen LogP contribution < -0.4 is 0 Å². The Hall–Kier alpha value is -0.410. The minimum atomic E-state index is -1.72. The summed E-state index contributed by atoms with van der Waals surface area (Å²) < 4.78 is 20.5. The van der Waals surface area contributed by atoms with Crippen molar-refractivity contribution >= 4 is 10.6 Å². The van der Waals surface area contributed by atoms with Gasteiger partial charge in [-0.05, 0) is 136 Å². The van der Waals surface area contributed by atoms with Gasteiger partial charge in [0.05, 0.1) is 25.9 Å². The van der Waals surface area contributed by atoms with Gasteiger partial charge in [0.25, 0.3) is 0 Å². The summed E-state index contributed by atoms with van der Waals surface area (Å²) in [6.07, 6.45) is 47.0. The Bertz CT molecular complexity index is 1300. The van der Waals surface area contributed by atoms with E-state index in [0.29, 0.717) is 35.8 Å². The van der Waals surface area contributed by atoms with Gasteiger partial charge in [-0.25, -0.2) is 0 Å². The highest BCUT2D eigenvalue weighted by Crippen LogP contribution is 2.67. The average molecular weight is 919 g/mol. The van der Waals surface area contributed by atoms with Gasteiger partial charge in [-0.15, -0.1) is 0 Å². The Kier molecular flexibility index (Phi) is 26.0. The van der Waals surface area contributed by atoms with Crippen molar-refractivity contribution < 1.29 is 23.3 Å². The number of hydrogen-bond donors (Lipinski definition) is 2. The Morgan fingerprint density at radius 1 is 0.734 bits per heavy atom. The van der Waals surface area contributed by atoms with Crippen LogP contribution in [0.5, 0.6) is 0 Å². The first kappa shape index (κ1) is 56.2. The molecule has 3 fully saturated rings. The molecule has 0 amide bonds. The summed E-state index contributed by atoms with van der Waals surface area (Å²) in [6, 6.07) is 0. The number of allylic oxidation sites excluding steroid dienone is 3. The number of hydrogen-bond acceptors (Lipinski definition) is 6. The van der Waals surface area contributed by atoms with Crippen LogP contribution in [0.2, 0.25) is 0 Å². The number of ether oxygens (including phenoxy) is 1. The van der Waals surface area contributed by atoms with Crippen molar-refractivity contribution in [1.82, 2.24) is 4.90 Å². The van der Waals surface area contributed by atoms with Crippen molar-refractivity contribution in [2.75, 3.05) is 52.0 Å². The molecule has 0 aliphatic heterocycles. The third-order valence-electron chi connectivity index (χ3n) is 17.6. The van der Waals surface area contributed by atoms with Gasteiger partial charge in [-0.2, -0.15) is 10.6 Å². The van der Waals surface area contributed by atoms with E-state index in [2.05, 4.69) is 84.1 Å². The number of unbranched alkanes of at least 4 members (excludes halogenated alkanes) is 15. The first-order chi connectivity index (χ1) is 30.8. The zero-order chi connectivity index (χ0) is 46.4. The Morgan fingerprint density at radius 3 is 1.98 bits per heavy atom. The second kappa shape index (κ2) is 29.6. The van der Waals surface area contributed by atoms with Gasteiger partial charge < -0.3 is 14.9 Å². The Labute approximate surface area is 399 Å². The Balaban J connectivity index is 1.30. The summed E-state index contributed by atoms with van der Waals surface area (Å²) >= 11 is 0. The Morgan fingerprint density at radius 2 is 1.36 bits per heavy atom. The van der Waals surface area contributed by atoms with Crippen LogP contribution in [0.4, 0.5) is 0 Å². The first-order valence-corrected chi connectivity index (χ1v) is 30.1. The number of fused-ring (bicyclic) bond motifs is 5. The molecule has 6 nitrogen and oxygen atoms in total. The van der Waals surface area contributed by atoms with E-state index >= 15 is 0 Å². The smallest absolute Gasteiger partial charge is 0.180 e. The van der Waals surface area contributed by atoms with Gasteiger partial charge in [-0.3, -0.25) is 13.3 Å². The fourth-order valence-corrected chi connectivity index (χ4v) is 14.8. The van der Waals surface area contributed by atoms with Crippen molar-refractivity contribution in [3.63, 3.8) is 0 Å². The molecule has 7 heteroatoms. The lowest BCUT2D eigenvalue weighted by Gasteiger charge is -2.58. The molecule has 0 saturated heterocycles. The summed E-state index contributed by atoms with van der Waals surface area (Å²) in [4.78, 5) is 2.15. The third kappa shape index (κ3) is 17.5. The average Bonchev–Trinajstić information content (AvgIpc) is 3.62. The zero-order valence-corrected chi connectivity index (χ0v) is 44.6. The summed E-state index contributed by atoms with van der Waals surface area (Å²) in [5, 5.41) is 18.7. The zero-order valence-electron chi connectivity index (χ0n) is 43.7. The van der Waals surface area contributed by atoms with Crippen LogP contribution in [-0.2, 0) is 13.1 Å². The van der Waals surface area contributed by atoms with Gasteiger partial charge >= 0.3 is 0 Å². The van der Waals surface area contributed by atoms with Gasteiger partial charge in [0.1, 0.15) is 0 Å². The van der Waals surface area contributed by atoms with E-state index in [0.717, 1.165) is 94.1 Å². The maximum absolute atomic E-state index is 9.33. The van der Waals surface area contributed by atoms with Crippen LogP contribution >= 0.6 is 10.6 Å². The third-order valence-corrected chi connectivity index (χ3v) is 19.0.